The molecule has 0 saturated carbocycles. The quantitative estimate of drug-likeness (QED) is 0.768. The number of hydrogen-bond donors (Lipinski definition) is 1. The number of nitrogens with one attached hydrogen (secondary N) is 1. The van der Waals surface area contributed by atoms with Crippen molar-refractivity contribution in [2.45, 2.75) is 44.3 Å². The molecule has 1 aliphatic carbocycles. The molecule has 0 saturated heterocycles. The van der Waals surface area contributed by atoms with Gasteiger partial charge in [-0.15, -0.1) is 5.10 Å². The van der Waals surface area contributed by atoms with Crippen molar-refractivity contribution >= 4 is 23.5 Å². The summed E-state index contributed by atoms with van der Waals surface area (Å²) in [5.41, 5.74) is 2.73. The van der Waals surface area contributed by atoms with E-state index >= 15 is 0 Å². The van der Waals surface area contributed by atoms with Gasteiger partial charge in [-0.05, 0) is 35.8 Å². The molecular formula is C21H24N4O3S. The van der Waals surface area contributed by atoms with Gasteiger partial charge in [0.2, 0.25) is 11.1 Å². The summed E-state index contributed by atoms with van der Waals surface area (Å²) in [5, 5.41) is 8.83. The van der Waals surface area contributed by atoms with Crippen molar-refractivity contribution in [3.63, 3.8) is 0 Å². The molecule has 1 N–H and O–H groups in total. The highest BCUT2D eigenvalue weighted by molar-refractivity contribution is 7.99. The summed E-state index contributed by atoms with van der Waals surface area (Å²) in [6.45, 7) is 5.46. The van der Waals surface area contributed by atoms with Crippen LogP contribution in [0.5, 0.6) is 11.5 Å². The van der Waals surface area contributed by atoms with E-state index in [-0.39, 0.29) is 11.8 Å². The van der Waals surface area contributed by atoms with Gasteiger partial charge in [0.25, 0.3) is 0 Å². The van der Waals surface area contributed by atoms with E-state index in [0.717, 1.165) is 52.1 Å². The second-order valence-electron chi connectivity index (χ2n) is 7.71. The number of benzene rings is 1. The van der Waals surface area contributed by atoms with Gasteiger partial charge in [-0.1, -0.05) is 31.7 Å². The molecule has 3 aliphatic rings. The first-order valence-corrected chi connectivity index (χ1v) is 11.1. The highest BCUT2D eigenvalue weighted by Crippen LogP contribution is 2.43. The number of anilines is 1. The number of aromatic nitrogens is 3. The van der Waals surface area contributed by atoms with Crippen LogP contribution in [0.15, 0.2) is 34.6 Å². The fourth-order valence-corrected chi connectivity index (χ4v) is 4.79. The number of fused-ring (bicyclic) bond motifs is 2. The molecule has 2 unspecified atom stereocenters. The molecule has 0 fully saturated rings. The first-order valence-electron chi connectivity index (χ1n) is 10.2. The summed E-state index contributed by atoms with van der Waals surface area (Å²) < 4.78 is 13.5. The molecule has 2 atom stereocenters. The molecule has 3 heterocycles. The topological polar surface area (TPSA) is 78.3 Å². The summed E-state index contributed by atoms with van der Waals surface area (Å²) in [6, 6.07) is 5.63. The van der Waals surface area contributed by atoms with Crippen molar-refractivity contribution in [2.24, 2.45) is 5.92 Å². The molecular weight excluding hydrogens is 388 g/mol. The van der Waals surface area contributed by atoms with Gasteiger partial charge in [-0.3, -0.25) is 4.79 Å². The molecule has 8 heteroatoms. The third kappa shape index (κ3) is 3.29. The Kier molecular flexibility index (Phi) is 4.73. The molecule has 2 aromatic rings. The Balaban J connectivity index is 1.64. The molecule has 1 aromatic carbocycles. The molecule has 7 nitrogen and oxygen atoms in total. The smallest absolute Gasteiger partial charge is 0.227 e. The van der Waals surface area contributed by atoms with Gasteiger partial charge in [-0.2, -0.15) is 4.98 Å². The van der Waals surface area contributed by atoms with Gasteiger partial charge >= 0.3 is 0 Å². The van der Waals surface area contributed by atoms with Crippen molar-refractivity contribution in [1.29, 1.82) is 0 Å². The molecule has 5 rings (SSSR count). The van der Waals surface area contributed by atoms with Crippen molar-refractivity contribution in [1.82, 2.24) is 14.8 Å². The maximum Gasteiger partial charge on any atom is 0.227 e. The van der Waals surface area contributed by atoms with E-state index in [2.05, 4.69) is 24.1 Å². The van der Waals surface area contributed by atoms with Gasteiger partial charge in [-0.25, -0.2) is 4.68 Å². The maximum absolute atomic E-state index is 13.1. The van der Waals surface area contributed by atoms with E-state index in [1.54, 1.807) is 11.8 Å². The number of carbonyl (C=O) groups is 1. The summed E-state index contributed by atoms with van der Waals surface area (Å²) >= 11 is 1.60. The van der Waals surface area contributed by atoms with Gasteiger partial charge in [0, 0.05) is 24.1 Å². The second kappa shape index (κ2) is 7.40. The van der Waals surface area contributed by atoms with Crippen LogP contribution in [-0.4, -0.2) is 39.5 Å². The molecule has 29 heavy (non-hydrogen) atoms. The minimum absolute atomic E-state index is 0.175. The Morgan fingerprint density at radius 1 is 1.24 bits per heavy atom. The van der Waals surface area contributed by atoms with Crippen molar-refractivity contribution in [3.05, 3.63) is 35.0 Å². The lowest BCUT2D eigenvalue weighted by atomic mass is 9.81. The Hall–Kier alpha value is -2.48. The van der Waals surface area contributed by atoms with Crippen LogP contribution >= 0.6 is 11.8 Å². The number of ketones is 1. The van der Waals surface area contributed by atoms with Crippen LogP contribution in [0.2, 0.25) is 0 Å². The Morgan fingerprint density at radius 3 is 2.90 bits per heavy atom. The Bertz CT molecular complexity index is 1000. The first-order chi connectivity index (χ1) is 14.1. The average molecular weight is 413 g/mol. The number of nitrogens with zero attached hydrogens (tertiary/aromatic N) is 3. The van der Waals surface area contributed by atoms with Crippen molar-refractivity contribution in [3.8, 4) is 11.5 Å². The van der Waals surface area contributed by atoms with Crippen LogP contribution in [-0.2, 0) is 4.79 Å². The van der Waals surface area contributed by atoms with Crippen LogP contribution in [0.3, 0.4) is 0 Å². The van der Waals surface area contributed by atoms with Crippen molar-refractivity contribution < 1.29 is 14.3 Å². The fraction of sp³-hybridized carbons (Fsp3) is 0.476. The predicted molar refractivity (Wildman–Crippen MR) is 111 cm³/mol. The molecule has 0 radical (unpaired) electrons. The molecule has 2 aliphatic heterocycles. The third-order valence-corrected chi connectivity index (χ3v) is 6.19. The highest BCUT2D eigenvalue weighted by Gasteiger charge is 2.38. The molecule has 152 valence electrons. The van der Waals surface area contributed by atoms with E-state index in [1.165, 1.54) is 0 Å². The molecule has 0 spiro atoms. The lowest BCUT2D eigenvalue weighted by Crippen LogP contribution is -2.33. The van der Waals surface area contributed by atoms with Gasteiger partial charge in [0.15, 0.2) is 17.3 Å². The van der Waals surface area contributed by atoms with E-state index in [9.17, 15) is 4.79 Å². The standard InChI is InChI=1S/C21H24N4O3S/c1-3-29-21-23-20-22-14-9-12(2)10-15(26)18(14)19(25(20)24-21)13-5-6-16-17(11-13)28-8-4-7-27-16/h5-6,11-12,19H,3-4,7-10H2,1-2H3,(H,22,23,24). The zero-order valence-electron chi connectivity index (χ0n) is 16.6. The predicted octanol–water partition coefficient (Wildman–Crippen LogP) is 3.82. The number of carbonyl (C=O) groups excluding carboxylic acids is 1. The highest BCUT2D eigenvalue weighted by atomic mass is 32.2. The van der Waals surface area contributed by atoms with E-state index in [1.807, 2.05) is 22.9 Å². The SMILES string of the molecule is CCSc1nc2n(n1)C(c1ccc3c(c1)OCCCO3)C1=C(CC(C)CC1=O)N2. The Morgan fingerprint density at radius 2 is 2.07 bits per heavy atom. The van der Waals surface area contributed by atoms with Crippen molar-refractivity contribution in [2.75, 3.05) is 24.3 Å². The minimum Gasteiger partial charge on any atom is -0.490 e. The monoisotopic (exact) mass is 412 g/mol. The van der Waals surface area contributed by atoms with Crippen LogP contribution in [0, 0.1) is 5.92 Å². The maximum atomic E-state index is 13.1. The summed E-state index contributed by atoms with van der Waals surface area (Å²) in [6.07, 6.45) is 2.25. The minimum atomic E-state index is -0.308. The average Bonchev–Trinajstić information content (AvgIpc) is 2.93. The zero-order chi connectivity index (χ0) is 20.0. The largest absolute Gasteiger partial charge is 0.490 e. The Labute approximate surface area is 173 Å². The molecule has 0 bridgehead atoms. The number of hydrogen-bond acceptors (Lipinski definition) is 7. The number of thioether (sulfide) groups is 1. The van der Waals surface area contributed by atoms with E-state index < -0.39 is 0 Å². The summed E-state index contributed by atoms with van der Waals surface area (Å²) in [4.78, 5) is 17.8. The second-order valence-corrected chi connectivity index (χ2v) is 8.94. The van der Waals surface area contributed by atoms with Crippen LogP contribution in [0.4, 0.5) is 5.95 Å². The molecule has 1 aromatic heterocycles. The van der Waals surface area contributed by atoms with E-state index in [0.29, 0.717) is 31.5 Å². The fourth-order valence-electron chi connectivity index (χ4n) is 4.24. The lowest BCUT2D eigenvalue weighted by molar-refractivity contribution is -0.117. The summed E-state index contributed by atoms with van der Waals surface area (Å²) in [7, 11) is 0. The van der Waals surface area contributed by atoms with Gasteiger partial charge < -0.3 is 14.8 Å². The number of Topliss-reactive ketones (excluding diaryl/α,β-unsaturated/α-hetero) is 1. The summed E-state index contributed by atoms with van der Waals surface area (Å²) in [5.74, 6) is 3.55. The van der Waals surface area contributed by atoms with Crippen LogP contribution < -0.4 is 14.8 Å². The number of allylic oxidation sites excluding steroid dienone is 2. The van der Waals surface area contributed by atoms with Crippen LogP contribution in [0.25, 0.3) is 0 Å². The van der Waals surface area contributed by atoms with Gasteiger partial charge in [0.1, 0.15) is 6.04 Å². The van der Waals surface area contributed by atoms with E-state index in [4.69, 9.17) is 14.6 Å². The third-order valence-electron chi connectivity index (χ3n) is 5.47. The van der Waals surface area contributed by atoms with Gasteiger partial charge in [0.05, 0.1) is 13.2 Å². The normalized spacial score (nSPS) is 23.2. The molecule has 0 amide bonds. The zero-order valence-corrected chi connectivity index (χ0v) is 17.4. The number of ether oxygens (including phenoxy) is 2. The lowest BCUT2D eigenvalue weighted by Gasteiger charge is -2.34. The first kappa shape index (κ1) is 18.5. The van der Waals surface area contributed by atoms with Crippen LogP contribution in [0.1, 0.15) is 44.7 Å². The number of rotatable bonds is 3.